The average Bonchev–Trinajstić information content (AvgIpc) is 3.01. The Morgan fingerprint density at radius 1 is 1.19 bits per heavy atom. The summed E-state index contributed by atoms with van der Waals surface area (Å²) < 4.78 is 37.3. The number of furan rings is 1. The number of carbonyl (C=O) groups excluding carboxylic acids is 1. The van der Waals surface area contributed by atoms with Crippen molar-refractivity contribution in [3.63, 3.8) is 0 Å². The van der Waals surface area contributed by atoms with Crippen LogP contribution in [0.3, 0.4) is 0 Å². The third kappa shape index (κ3) is 3.60. The standard InChI is InChI=1S/C20H19F2NO3/c1-3-25-20(24)19-15(14-6-4-5-7-18(14)26-19)11-23-12(2)13-8-9-16(21)17(22)10-13/h4-10,12,23H,3,11H2,1-2H3/t12-/m0/s1. The van der Waals surface area contributed by atoms with Crippen LogP contribution in [-0.4, -0.2) is 12.6 Å². The maximum Gasteiger partial charge on any atom is 0.374 e. The van der Waals surface area contributed by atoms with E-state index in [-0.39, 0.29) is 18.4 Å². The van der Waals surface area contributed by atoms with Gasteiger partial charge in [-0.1, -0.05) is 24.3 Å². The Hall–Kier alpha value is -2.73. The van der Waals surface area contributed by atoms with Gasteiger partial charge in [-0.05, 0) is 37.6 Å². The van der Waals surface area contributed by atoms with Crippen molar-refractivity contribution < 1.29 is 22.7 Å². The minimum atomic E-state index is -0.892. The fraction of sp³-hybridized carbons (Fsp3) is 0.250. The van der Waals surface area contributed by atoms with Crippen molar-refractivity contribution in [1.29, 1.82) is 0 Å². The molecule has 2 aromatic carbocycles. The molecule has 0 saturated carbocycles. The maximum atomic E-state index is 13.4. The number of fused-ring (bicyclic) bond motifs is 1. The van der Waals surface area contributed by atoms with Crippen LogP contribution in [0.5, 0.6) is 0 Å². The van der Waals surface area contributed by atoms with Crippen molar-refractivity contribution in [1.82, 2.24) is 5.32 Å². The van der Waals surface area contributed by atoms with Gasteiger partial charge in [-0.3, -0.25) is 0 Å². The zero-order valence-corrected chi connectivity index (χ0v) is 14.5. The molecule has 3 aromatic rings. The minimum absolute atomic E-state index is 0.151. The fourth-order valence-corrected chi connectivity index (χ4v) is 2.79. The monoisotopic (exact) mass is 359 g/mol. The number of carbonyl (C=O) groups is 1. The van der Waals surface area contributed by atoms with Crippen molar-refractivity contribution in [2.45, 2.75) is 26.4 Å². The normalized spacial score (nSPS) is 12.3. The molecule has 1 heterocycles. The Balaban J connectivity index is 1.86. The molecule has 1 N–H and O–H groups in total. The van der Waals surface area contributed by atoms with Crippen LogP contribution in [0.25, 0.3) is 11.0 Å². The number of halogens is 2. The van der Waals surface area contributed by atoms with Gasteiger partial charge in [-0.25, -0.2) is 13.6 Å². The molecule has 6 heteroatoms. The highest BCUT2D eigenvalue weighted by Gasteiger charge is 2.22. The van der Waals surface area contributed by atoms with Crippen molar-refractivity contribution >= 4 is 16.9 Å². The largest absolute Gasteiger partial charge is 0.460 e. The first-order valence-electron chi connectivity index (χ1n) is 8.37. The van der Waals surface area contributed by atoms with E-state index in [1.54, 1.807) is 13.0 Å². The molecule has 0 aliphatic rings. The van der Waals surface area contributed by atoms with Gasteiger partial charge >= 0.3 is 5.97 Å². The highest BCUT2D eigenvalue weighted by molar-refractivity contribution is 5.96. The van der Waals surface area contributed by atoms with Crippen LogP contribution in [0.4, 0.5) is 8.78 Å². The van der Waals surface area contributed by atoms with E-state index in [2.05, 4.69) is 5.32 Å². The second-order valence-corrected chi connectivity index (χ2v) is 5.90. The Bertz CT molecular complexity index is 936. The molecule has 26 heavy (non-hydrogen) atoms. The quantitative estimate of drug-likeness (QED) is 0.646. The topological polar surface area (TPSA) is 51.5 Å². The predicted molar refractivity (Wildman–Crippen MR) is 93.8 cm³/mol. The third-order valence-corrected chi connectivity index (χ3v) is 4.19. The molecule has 0 aliphatic carbocycles. The summed E-state index contributed by atoms with van der Waals surface area (Å²) in [5, 5.41) is 4.03. The van der Waals surface area contributed by atoms with E-state index in [0.29, 0.717) is 23.3 Å². The van der Waals surface area contributed by atoms with Gasteiger partial charge in [-0.15, -0.1) is 0 Å². The van der Waals surface area contributed by atoms with Crippen molar-refractivity contribution in [2.75, 3.05) is 6.61 Å². The number of benzene rings is 2. The first kappa shape index (κ1) is 18.1. The maximum absolute atomic E-state index is 13.4. The Kier molecular flexibility index (Phi) is 5.32. The first-order valence-corrected chi connectivity index (χ1v) is 8.37. The SMILES string of the molecule is CCOC(=O)c1oc2ccccc2c1CN[C@@H](C)c1ccc(F)c(F)c1. The number of ether oxygens (including phenoxy) is 1. The zero-order chi connectivity index (χ0) is 18.7. The van der Waals surface area contributed by atoms with Crippen LogP contribution in [0.1, 0.15) is 41.6 Å². The smallest absolute Gasteiger partial charge is 0.374 e. The summed E-state index contributed by atoms with van der Waals surface area (Å²) in [7, 11) is 0. The van der Waals surface area contributed by atoms with Gasteiger partial charge < -0.3 is 14.5 Å². The van der Waals surface area contributed by atoms with Gasteiger partial charge in [-0.2, -0.15) is 0 Å². The van der Waals surface area contributed by atoms with E-state index in [4.69, 9.17) is 9.15 Å². The fourth-order valence-electron chi connectivity index (χ4n) is 2.79. The molecule has 3 rings (SSSR count). The van der Waals surface area contributed by atoms with E-state index >= 15 is 0 Å². The number of nitrogens with one attached hydrogen (secondary N) is 1. The van der Waals surface area contributed by atoms with Crippen molar-refractivity contribution in [3.8, 4) is 0 Å². The summed E-state index contributed by atoms with van der Waals surface area (Å²) in [6, 6.07) is 10.8. The van der Waals surface area contributed by atoms with Gasteiger partial charge in [0.1, 0.15) is 5.58 Å². The molecular weight excluding hydrogens is 340 g/mol. The Morgan fingerprint density at radius 2 is 1.96 bits per heavy atom. The number of esters is 1. The molecule has 4 nitrogen and oxygen atoms in total. The van der Waals surface area contributed by atoms with E-state index in [9.17, 15) is 13.6 Å². The van der Waals surface area contributed by atoms with Crippen LogP contribution >= 0.6 is 0 Å². The molecular formula is C20H19F2NO3. The summed E-state index contributed by atoms with van der Waals surface area (Å²) in [5.41, 5.74) is 1.87. The molecule has 1 atom stereocenters. The van der Waals surface area contributed by atoms with Gasteiger partial charge in [0.15, 0.2) is 11.6 Å². The number of hydrogen-bond acceptors (Lipinski definition) is 4. The highest BCUT2D eigenvalue weighted by Crippen LogP contribution is 2.27. The molecule has 0 aliphatic heterocycles. The number of para-hydroxylation sites is 1. The first-order chi connectivity index (χ1) is 12.5. The number of hydrogen-bond donors (Lipinski definition) is 1. The summed E-state index contributed by atoms with van der Waals surface area (Å²) in [5.74, 6) is -2.15. The van der Waals surface area contributed by atoms with Crippen LogP contribution < -0.4 is 5.32 Å². The van der Waals surface area contributed by atoms with Gasteiger partial charge in [0, 0.05) is 23.5 Å². The number of rotatable bonds is 6. The van der Waals surface area contributed by atoms with E-state index in [1.165, 1.54) is 6.07 Å². The summed E-state index contributed by atoms with van der Waals surface area (Å²) in [6.45, 7) is 4.11. The molecule has 136 valence electrons. The molecule has 0 fully saturated rings. The van der Waals surface area contributed by atoms with E-state index in [1.807, 2.05) is 25.1 Å². The van der Waals surface area contributed by atoms with E-state index in [0.717, 1.165) is 17.5 Å². The lowest BCUT2D eigenvalue weighted by molar-refractivity contribution is 0.0490. The van der Waals surface area contributed by atoms with Crippen LogP contribution in [0, 0.1) is 11.6 Å². The zero-order valence-electron chi connectivity index (χ0n) is 14.5. The summed E-state index contributed by atoms with van der Waals surface area (Å²) in [6.07, 6.45) is 0. The van der Waals surface area contributed by atoms with Gasteiger partial charge in [0.2, 0.25) is 5.76 Å². The van der Waals surface area contributed by atoms with Crippen LogP contribution in [-0.2, 0) is 11.3 Å². The second kappa shape index (κ2) is 7.66. The Morgan fingerprint density at radius 3 is 2.69 bits per heavy atom. The molecule has 1 aromatic heterocycles. The molecule has 0 amide bonds. The minimum Gasteiger partial charge on any atom is -0.460 e. The Labute approximate surface area is 149 Å². The predicted octanol–water partition coefficient (Wildman–Crippen LogP) is 4.74. The van der Waals surface area contributed by atoms with Crippen molar-refractivity contribution in [2.24, 2.45) is 0 Å². The van der Waals surface area contributed by atoms with Crippen molar-refractivity contribution in [3.05, 3.63) is 71.0 Å². The average molecular weight is 359 g/mol. The lowest BCUT2D eigenvalue weighted by atomic mass is 10.1. The highest BCUT2D eigenvalue weighted by atomic mass is 19.2. The van der Waals surface area contributed by atoms with E-state index < -0.39 is 17.6 Å². The molecule has 0 spiro atoms. The van der Waals surface area contributed by atoms with Crippen LogP contribution in [0.2, 0.25) is 0 Å². The third-order valence-electron chi connectivity index (χ3n) is 4.19. The summed E-state index contributed by atoms with van der Waals surface area (Å²) >= 11 is 0. The van der Waals surface area contributed by atoms with Crippen LogP contribution in [0.15, 0.2) is 46.9 Å². The summed E-state index contributed by atoms with van der Waals surface area (Å²) in [4.78, 5) is 12.2. The lowest BCUT2D eigenvalue weighted by Crippen LogP contribution is -2.20. The second-order valence-electron chi connectivity index (χ2n) is 5.90. The molecule has 0 bridgehead atoms. The molecule has 0 unspecified atom stereocenters. The lowest BCUT2D eigenvalue weighted by Gasteiger charge is -2.14. The molecule has 0 saturated heterocycles. The van der Waals surface area contributed by atoms with Gasteiger partial charge in [0.25, 0.3) is 0 Å². The van der Waals surface area contributed by atoms with Gasteiger partial charge in [0.05, 0.1) is 6.61 Å². The molecule has 0 radical (unpaired) electrons.